The molecular weight excluding hydrogens is 437 g/mol. The van der Waals surface area contributed by atoms with E-state index in [2.05, 4.69) is 34.1 Å². The van der Waals surface area contributed by atoms with Gasteiger partial charge in [-0.15, -0.1) is 0 Å². The molecule has 2 aliphatic rings. The van der Waals surface area contributed by atoms with Crippen LogP contribution in [0.5, 0.6) is 0 Å². The highest BCUT2D eigenvalue weighted by Gasteiger charge is 2.36. The van der Waals surface area contributed by atoms with Crippen molar-refractivity contribution in [2.75, 3.05) is 26.2 Å². The average Bonchev–Trinajstić information content (AvgIpc) is 2.81. The predicted octanol–water partition coefficient (Wildman–Crippen LogP) is 6.45. The number of likely N-dealkylation sites (tertiary alicyclic amines) is 1. The van der Waals surface area contributed by atoms with Crippen molar-refractivity contribution in [2.45, 2.75) is 64.6 Å². The lowest BCUT2D eigenvalue weighted by Crippen LogP contribution is -2.46. The molecule has 0 saturated carbocycles. The predicted molar refractivity (Wildman–Crippen MR) is 129 cm³/mol. The molecule has 2 aromatic carbocycles. The van der Waals surface area contributed by atoms with Gasteiger partial charge in [-0.2, -0.15) is 13.2 Å². The molecule has 1 fully saturated rings. The fourth-order valence-corrected chi connectivity index (χ4v) is 5.40. The Labute approximate surface area is 200 Å². The van der Waals surface area contributed by atoms with Crippen LogP contribution in [-0.4, -0.2) is 41.9 Å². The maximum absolute atomic E-state index is 13.2. The molecule has 184 valence electrons. The first-order chi connectivity index (χ1) is 16.0. The number of amides is 1. The van der Waals surface area contributed by atoms with E-state index >= 15 is 0 Å². The minimum absolute atomic E-state index is 0.0675. The molecule has 4 rings (SSSR count). The number of alkyl halides is 3. The molecule has 2 aliphatic heterocycles. The Hall–Kier alpha value is -2.34. The first-order valence-electron chi connectivity index (χ1n) is 12.3. The standard InChI is InChI=1S/C28H35F3N2O/c1-27(2,3)26(34)33-18-13-21-7-4-5-10-24(21)25(33)14-17-32-15-11-20(12-16-32)22-8-6-9-23(19-22)28(29,30)31/h4-10,19-20,25H,11-18H2,1-3H3. The summed E-state index contributed by atoms with van der Waals surface area (Å²) in [5.41, 5.74) is 2.39. The third-order valence-corrected chi connectivity index (χ3v) is 7.31. The summed E-state index contributed by atoms with van der Waals surface area (Å²) in [4.78, 5) is 17.7. The smallest absolute Gasteiger partial charge is 0.335 e. The number of benzene rings is 2. The van der Waals surface area contributed by atoms with Crippen molar-refractivity contribution in [3.63, 3.8) is 0 Å². The van der Waals surface area contributed by atoms with E-state index in [4.69, 9.17) is 0 Å². The number of fused-ring (bicyclic) bond motifs is 1. The normalized spacial score (nSPS) is 20.3. The number of halogens is 3. The van der Waals surface area contributed by atoms with Crippen molar-refractivity contribution < 1.29 is 18.0 Å². The summed E-state index contributed by atoms with van der Waals surface area (Å²) >= 11 is 0. The Morgan fingerprint density at radius 3 is 2.35 bits per heavy atom. The van der Waals surface area contributed by atoms with Crippen LogP contribution in [0, 0.1) is 5.41 Å². The lowest BCUT2D eigenvalue weighted by atomic mass is 9.86. The Kier molecular flexibility index (Phi) is 7.09. The van der Waals surface area contributed by atoms with Gasteiger partial charge in [0.2, 0.25) is 5.91 Å². The molecule has 0 N–H and O–H groups in total. The van der Waals surface area contributed by atoms with Gasteiger partial charge in [0.1, 0.15) is 0 Å². The van der Waals surface area contributed by atoms with E-state index in [1.165, 1.54) is 23.3 Å². The van der Waals surface area contributed by atoms with Crippen molar-refractivity contribution in [2.24, 2.45) is 5.41 Å². The van der Waals surface area contributed by atoms with Gasteiger partial charge in [0.25, 0.3) is 0 Å². The van der Waals surface area contributed by atoms with E-state index in [0.29, 0.717) is 0 Å². The van der Waals surface area contributed by atoms with Gasteiger partial charge in [-0.3, -0.25) is 4.79 Å². The number of carbonyl (C=O) groups excluding carboxylic acids is 1. The first kappa shape index (κ1) is 24.8. The highest BCUT2D eigenvalue weighted by Crippen LogP contribution is 2.37. The number of piperidine rings is 1. The lowest BCUT2D eigenvalue weighted by molar-refractivity contribution is -0.143. The van der Waals surface area contributed by atoms with Gasteiger partial charge in [0.05, 0.1) is 11.6 Å². The van der Waals surface area contributed by atoms with Crippen molar-refractivity contribution in [1.29, 1.82) is 0 Å². The van der Waals surface area contributed by atoms with Gasteiger partial charge in [-0.1, -0.05) is 63.2 Å². The van der Waals surface area contributed by atoms with E-state index in [-0.39, 0.29) is 17.9 Å². The van der Waals surface area contributed by atoms with E-state index in [0.717, 1.165) is 63.5 Å². The Morgan fingerprint density at radius 2 is 1.68 bits per heavy atom. The molecule has 6 heteroatoms. The van der Waals surface area contributed by atoms with Gasteiger partial charge in [0, 0.05) is 18.5 Å². The molecule has 0 spiro atoms. The van der Waals surface area contributed by atoms with Crippen LogP contribution in [0.4, 0.5) is 13.2 Å². The summed E-state index contributed by atoms with van der Waals surface area (Å²) in [5, 5.41) is 0. The van der Waals surface area contributed by atoms with E-state index in [9.17, 15) is 18.0 Å². The van der Waals surface area contributed by atoms with Crippen LogP contribution in [0.3, 0.4) is 0 Å². The summed E-state index contributed by atoms with van der Waals surface area (Å²) in [6.45, 7) is 9.28. The SMILES string of the molecule is CC(C)(C)C(=O)N1CCc2ccccc2C1CCN1CCC(c2cccc(C(F)(F)F)c2)CC1. The molecular formula is C28H35F3N2O. The molecule has 1 saturated heterocycles. The number of nitrogens with zero attached hydrogens (tertiary/aromatic N) is 2. The largest absolute Gasteiger partial charge is 0.416 e. The van der Waals surface area contributed by atoms with E-state index in [1.807, 2.05) is 26.8 Å². The number of hydrogen-bond acceptors (Lipinski definition) is 2. The van der Waals surface area contributed by atoms with Crippen molar-refractivity contribution in [1.82, 2.24) is 9.80 Å². The number of hydrogen-bond donors (Lipinski definition) is 0. The van der Waals surface area contributed by atoms with Gasteiger partial charge >= 0.3 is 6.18 Å². The van der Waals surface area contributed by atoms with Crippen LogP contribution < -0.4 is 0 Å². The number of rotatable bonds is 4. The maximum atomic E-state index is 13.2. The van der Waals surface area contributed by atoms with Crippen LogP contribution >= 0.6 is 0 Å². The zero-order valence-electron chi connectivity index (χ0n) is 20.4. The monoisotopic (exact) mass is 472 g/mol. The molecule has 1 amide bonds. The second-order valence-corrected chi connectivity index (χ2v) is 10.7. The quantitative estimate of drug-likeness (QED) is 0.511. The maximum Gasteiger partial charge on any atom is 0.416 e. The Morgan fingerprint density at radius 1 is 0.971 bits per heavy atom. The summed E-state index contributed by atoms with van der Waals surface area (Å²) < 4.78 is 39.3. The minimum atomic E-state index is -4.30. The molecule has 1 atom stereocenters. The third-order valence-electron chi connectivity index (χ3n) is 7.31. The minimum Gasteiger partial charge on any atom is -0.335 e. The molecule has 2 aromatic rings. The van der Waals surface area contributed by atoms with Crippen molar-refractivity contribution >= 4 is 5.91 Å². The lowest BCUT2D eigenvalue weighted by Gasteiger charge is -2.42. The fraction of sp³-hybridized carbons (Fsp3) is 0.536. The van der Waals surface area contributed by atoms with Crippen LogP contribution in [0.25, 0.3) is 0 Å². The summed E-state index contributed by atoms with van der Waals surface area (Å²) in [6, 6.07) is 14.3. The van der Waals surface area contributed by atoms with Crippen molar-refractivity contribution in [3.8, 4) is 0 Å². The summed E-state index contributed by atoms with van der Waals surface area (Å²) in [6.07, 6.45) is -0.840. The van der Waals surface area contributed by atoms with Crippen molar-refractivity contribution in [3.05, 3.63) is 70.8 Å². The molecule has 0 aliphatic carbocycles. The fourth-order valence-electron chi connectivity index (χ4n) is 5.40. The average molecular weight is 473 g/mol. The number of carbonyl (C=O) groups is 1. The van der Waals surface area contributed by atoms with Crippen LogP contribution in [0.15, 0.2) is 48.5 Å². The van der Waals surface area contributed by atoms with Gasteiger partial charge in [0.15, 0.2) is 0 Å². The zero-order chi connectivity index (χ0) is 24.5. The van der Waals surface area contributed by atoms with E-state index < -0.39 is 17.2 Å². The van der Waals surface area contributed by atoms with Crippen LogP contribution in [0.1, 0.15) is 74.2 Å². The molecule has 0 aromatic heterocycles. The molecule has 1 unspecified atom stereocenters. The third kappa shape index (κ3) is 5.48. The Bertz CT molecular complexity index is 1000. The highest BCUT2D eigenvalue weighted by atomic mass is 19.4. The molecule has 0 bridgehead atoms. The zero-order valence-corrected chi connectivity index (χ0v) is 20.4. The van der Waals surface area contributed by atoms with Gasteiger partial charge in [-0.25, -0.2) is 0 Å². The first-order valence-corrected chi connectivity index (χ1v) is 12.3. The molecule has 2 heterocycles. The van der Waals surface area contributed by atoms with E-state index in [1.54, 1.807) is 0 Å². The van der Waals surface area contributed by atoms with Crippen LogP contribution in [0.2, 0.25) is 0 Å². The molecule has 0 radical (unpaired) electrons. The second kappa shape index (κ2) is 9.73. The van der Waals surface area contributed by atoms with Crippen LogP contribution in [-0.2, 0) is 17.4 Å². The second-order valence-electron chi connectivity index (χ2n) is 10.7. The van der Waals surface area contributed by atoms with Gasteiger partial charge < -0.3 is 9.80 Å². The molecule has 34 heavy (non-hydrogen) atoms. The van der Waals surface area contributed by atoms with Gasteiger partial charge in [-0.05, 0) is 67.4 Å². The summed E-state index contributed by atoms with van der Waals surface area (Å²) in [5.74, 6) is 0.350. The highest BCUT2D eigenvalue weighted by molar-refractivity contribution is 5.82. The Balaban J connectivity index is 1.40. The summed E-state index contributed by atoms with van der Waals surface area (Å²) in [7, 11) is 0. The molecule has 3 nitrogen and oxygen atoms in total. The topological polar surface area (TPSA) is 23.6 Å².